The predicted octanol–water partition coefficient (Wildman–Crippen LogP) is 0.190. The number of esters is 2. The summed E-state index contributed by atoms with van der Waals surface area (Å²) >= 11 is 0. The van der Waals surface area contributed by atoms with Gasteiger partial charge < -0.3 is 43.2 Å². The van der Waals surface area contributed by atoms with Gasteiger partial charge in [-0.05, 0) is 20.8 Å². The van der Waals surface area contributed by atoms with Crippen LogP contribution >= 0.6 is 0 Å². The number of carbonyl (C=O) groups is 2. The Morgan fingerprint density at radius 2 is 0.969 bits per heavy atom. The lowest BCUT2D eigenvalue weighted by Crippen LogP contribution is -2.27. The molecule has 0 unspecified atom stereocenters. The fraction of sp³-hybridized carbons (Fsp3) is 0.905. The molecule has 0 aliphatic heterocycles. The Bertz CT molecular complexity index is 456. The molecule has 0 rings (SSSR count). The van der Waals surface area contributed by atoms with Crippen molar-refractivity contribution in [1.29, 1.82) is 0 Å². The van der Waals surface area contributed by atoms with Gasteiger partial charge in [0.15, 0.2) is 0 Å². The fourth-order valence-corrected chi connectivity index (χ4v) is 2.03. The quantitative estimate of drug-likeness (QED) is 0.173. The highest BCUT2D eigenvalue weighted by molar-refractivity contribution is 5.71. The summed E-state index contributed by atoms with van der Waals surface area (Å²) in [5, 5.41) is 3.21. The van der Waals surface area contributed by atoms with E-state index in [0.717, 1.165) is 13.1 Å². The average molecular weight is 468 g/mol. The smallest absolute Gasteiger partial charge is 0.332 e. The highest BCUT2D eigenvalue weighted by atomic mass is 16.6. The summed E-state index contributed by atoms with van der Waals surface area (Å²) in [5.41, 5.74) is -0.504. The molecule has 0 saturated heterocycles. The van der Waals surface area contributed by atoms with E-state index >= 15 is 0 Å². The zero-order valence-corrected chi connectivity index (χ0v) is 20.0. The van der Waals surface area contributed by atoms with E-state index < -0.39 is 11.6 Å². The molecular weight excluding hydrogens is 426 g/mol. The van der Waals surface area contributed by atoms with Crippen molar-refractivity contribution in [3.05, 3.63) is 0 Å². The van der Waals surface area contributed by atoms with Crippen molar-refractivity contribution in [3.8, 4) is 0 Å². The Labute approximate surface area is 191 Å². The summed E-state index contributed by atoms with van der Waals surface area (Å²) in [4.78, 5) is 22.2. The van der Waals surface area contributed by atoms with Crippen molar-refractivity contribution in [2.75, 3.05) is 99.5 Å². The first-order valence-corrected chi connectivity index (χ1v) is 10.8. The summed E-state index contributed by atoms with van der Waals surface area (Å²) in [5.74, 6) is -0.787. The van der Waals surface area contributed by atoms with Gasteiger partial charge in [-0.1, -0.05) is 0 Å². The standard InChI is InChI=1S/C21H41NO10/c1-21(2,3)32-20(24)18-31-16-14-29-12-10-27-8-6-22-5-7-26-9-11-28-13-15-30-17-19(23)25-4/h22H,5-18H2,1-4H3. The number of methoxy groups -OCH3 is 1. The zero-order valence-electron chi connectivity index (χ0n) is 20.0. The summed E-state index contributed by atoms with van der Waals surface area (Å²) in [6.45, 7) is 11.3. The van der Waals surface area contributed by atoms with Crippen LogP contribution < -0.4 is 5.32 Å². The van der Waals surface area contributed by atoms with Crippen LogP contribution in [0.3, 0.4) is 0 Å². The normalized spacial score (nSPS) is 11.5. The molecule has 0 bridgehead atoms. The second-order valence-electron chi connectivity index (χ2n) is 7.47. The number of hydrogen-bond donors (Lipinski definition) is 1. The average Bonchev–Trinajstić information content (AvgIpc) is 2.73. The SMILES string of the molecule is COC(=O)COCCOCCOCCNCCOCCOCCOCC(=O)OC(C)(C)C. The van der Waals surface area contributed by atoms with Gasteiger partial charge in [0.25, 0.3) is 0 Å². The minimum Gasteiger partial charge on any atom is -0.467 e. The molecule has 0 aromatic carbocycles. The fourth-order valence-electron chi connectivity index (χ4n) is 2.03. The third-order valence-corrected chi connectivity index (χ3v) is 3.42. The van der Waals surface area contributed by atoms with Gasteiger partial charge in [-0.25, -0.2) is 9.59 Å². The Morgan fingerprint density at radius 1 is 0.594 bits per heavy atom. The number of ether oxygens (including phenoxy) is 8. The van der Waals surface area contributed by atoms with Gasteiger partial charge >= 0.3 is 11.9 Å². The first-order valence-electron chi connectivity index (χ1n) is 10.8. The maximum atomic E-state index is 11.4. The van der Waals surface area contributed by atoms with Crippen LogP contribution in [0.25, 0.3) is 0 Å². The minimum atomic E-state index is -0.504. The molecule has 32 heavy (non-hydrogen) atoms. The summed E-state index contributed by atoms with van der Waals surface area (Å²) < 4.78 is 41.3. The van der Waals surface area contributed by atoms with Crippen LogP contribution in [0, 0.1) is 0 Å². The highest BCUT2D eigenvalue weighted by Gasteiger charge is 2.15. The van der Waals surface area contributed by atoms with Gasteiger partial charge in [-0.3, -0.25) is 0 Å². The Hall–Kier alpha value is -1.34. The minimum absolute atomic E-state index is 0.0644. The molecule has 1 N–H and O–H groups in total. The molecule has 0 aliphatic carbocycles. The lowest BCUT2D eigenvalue weighted by molar-refractivity contribution is -0.160. The first kappa shape index (κ1) is 30.7. The maximum Gasteiger partial charge on any atom is 0.332 e. The van der Waals surface area contributed by atoms with Crippen LogP contribution in [0.4, 0.5) is 0 Å². The van der Waals surface area contributed by atoms with Crippen LogP contribution in [0.5, 0.6) is 0 Å². The molecule has 190 valence electrons. The van der Waals surface area contributed by atoms with Gasteiger partial charge in [0, 0.05) is 13.1 Å². The van der Waals surface area contributed by atoms with E-state index in [1.54, 1.807) is 0 Å². The summed E-state index contributed by atoms with van der Waals surface area (Å²) in [6.07, 6.45) is 0. The number of carbonyl (C=O) groups excluding carboxylic acids is 2. The molecule has 0 aliphatic rings. The number of rotatable bonds is 22. The Morgan fingerprint density at radius 3 is 1.38 bits per heavy atom. The van der Waals surface area contributed by atoms with E-state index in [0.29, 0.717) is 66.1 Å². The van der Waals surface area contributed by atoms with E-state index in [1.807, 2.05) is 20.8 Å². The van der Waals surface area contributed by atoms with E-state index in [4.69, 9.17) is 33.2 Å². The molecule has 0 radical (unpaired) electrons. The monoisotopic (exact) mass is 467 g/mol. The molecule has 0 fully saturated rings. The van der Waals surface area contributed by atoms with Gasteiger partial charge in [0.1, 0.15) is 18.8 Å². The molecule has 0 aromatic rings. The molecule has 11 heteroatoms. The topological polar surface area (TPSA) is 120 Å². The van der Waals surface area contributed by atoms with E-state index in [9.17, 15) is 9.59 Å². The van der Waals surface area contributed by atoms with Crippen LogP contribution in [-0.2, 0) is 47.5 Å². The molecule has 0 amide bonds. The molecule has 0 heterocycles. The molecule has 11 nitrogen and oxygen atoms in total. The van der Waals surface area contributed by atoms with Crippen LogP contribution in [-0.4, -0.2) is 117 Å². The van der Waals surface area contributed by atoms with Crippen molar-refractivity contribution in [2.45, 2.75) is 26.4 Å². The van der Waals surface area contributed by atoms with Crippen molar-refractivity contribution in [3.63, 3.8) is 0 Å². The molecule has 0 spiro atoms. The summed E-state index contributed by atoms with van der Waals surface area (Å²) in [7, 11) is 1.31. The van der Waals surface area contributed by atoms with Gasteiger partial charge in [-0.15, -0.1) is 0 Å². The van der Waals surface area contributed by atoms with E-state index in [-0.39, 0.29) is 19.2 Å². The lowest BCUT2D eigenvalue weighted by atomic mass is 10.2. The largest absolute Gasteiger partial charge is 0.467 e. The molecule has 0 aromatic heterocycles. The third-order valence-electron chi connectivity index (χ3n) is 3.42. The van der Waals surface area contributed by atoms with Crippen molar-refractivity contribution in [1.82, 2.24) is 5.32 Å². The van der Waals surface area contributed by atoms with Crippen LogP contribution in [0.1, 0.15) is 20.8 Å². The highest BCUT2D eigenvalue weighted by Crippen LogP contribution is 2.06. The van der Waals surface area contributed by atoms with Crippen molar-refractivity contribution >= 4 is 11.9 Å². The molecule has 0 saturated carbocycles. The van der Waals surface area contributed by atoms with Gasteiger partial charge in [0.2, 0.25) is 0 Å². The molecule has 0 atom stereocenters. The predicted molar refractivity (Wildman–Crippen MR) is 116 cm³/mol. The van der Waals surface area contributed by atoms with Gasteiger partial charge in [-0.2, -0.15) is 0 Å². The number of hydrogen-bond acceptors (Lipinski definition) is 11. The summed E-state index contributed by atoms with van der Waals surface area (Å²) in [6, 6.07) is 0. The maximum absolute atomic E-state index is 11.4. The van der Waals surface area contributed by atoms with E-state index in [1.165, 1.54) is 7.11 Å². The van der Waals surface area contributed by atoms with Crippen LogP contribution in [0.15, 0.2) is 0 Å². The first-order chi connectivity index (χ1) is 15.3. The van der Waals surface area contributed by atoms with Crippen molar-refractivity contribution < 1.29 is 47.5 Å². The van der Waals surface area contributed by atoms with Crippen molar-refractivity contribution in [2.24, 2.45) is 0 Å². The second kappa shape index (κ2) is 21.5. The van der Waals surface area contributed by atoms with Gasteiger partial charge in [0.05, 0.1) is 73.2 Å². The third kappa shape index (κ3) is 24.9. The Kier molecular flexibility index (Phi) is 20.6. The number of nitrogens with one attached hydrogen (secondary N) is 1. The lowest BCUT2D eigenvalue weighted by Gasteiger charge is -2.19. The Balaban J connectivity index is 3.14. The van der Waals surface area contributed by atoms with Crippen LogP contribution in [0.2, 0.25) is 0 Å². The second-order valence-corrected chi connectivity index (χ2v) is 7.47. The van der Waals surface area contributed by atoms with E-state index in [2.05, 4.69) is 10.1 Å². The molecular formula is C21H41NO10. The zero-order chi connectivity index (χ0) is 23.9.